The van der Waals surface area contributed by atoms with Crippen LogP contribution in [0.1, 0.15) is 21.1 Å². The molecular weight excluding hydrogens is 295 g/mol. The van der Waals surface area contributed by atoms with Crippen molar-refractivity contribution in [2.75, 3.05) is 5.32 Å². The Hall–Kier alpha value is -2.16. The highest BCUT2D eigenvalue weighted by molar-refractivity contribution is 7.16. The lowest BCUT2D eigenvalue weighted by atomic mass is 10.2. The zero-order chi connectivity index (χ0) is 14.9. The van der Waals surface area contributed by atoms with Crippen LogP contribution in [0.4, 0.5) is 23.9 Å². The van der Waals surface area contributed by atoms with E-state index in [2.05, 4.69) is 15.3 Å². The van der Waals surface area contributed by atoms with Gasteiger partial charge in [0.1, 0.15) is 5.00 Å². The van der Waals surface area contributed by atoms with Crippen molar-refractivity contribution in [3.63, 3.8) is 0 Å². The minimum atomic E-state index is -4.51. The molecule has 0 atom stereocenters. The van der Waals surface area contributed by atoms with Crippen LogP contribution in [0.15, 0.2) is 18.5 Å². The quantitative estimate of drug-likeness (QED) is 0.910. The predicted octanol–water partition coefficient (Wildman–Crippen LogP) is 3.31. The molecular formula is C11H8F3N3O2S. The third-order valence-corrected chi connectivity index (χ3v) is 3.15. The second-order valence-corrected chi connectivity index (χ2v) is 5.00. The molecule has 0 aliphatic rings. The lowest BCUT2D eigenvalue weighted by molar-refractivity contribution is -0.137. The second-order valence-electron chi connectivity index (χ2n) is 3.80. The van der Waals surface area contributed by atoms with E-state index in [1.54, 1.807) is 6.92 Å². The van der Waals surface area contributed by atoms with Crippen LogP contribution in [0, 0.1) is 6.92 Å². The van der Waals surface area contributed by atoms with Crippen LogP contribution in [0.2, 0.25) is 0 Å². The molecule has 0 bridgehead atoms. The molecule has 5 nitrogen and oxygen atoms in total. The zero-order valence-electron chi connectivity index (χ0n) is 10.0. The first-order valence-electron chi connectivity index (χ1n) is 5.27. The number of hydrogen-bond acceptors (Lipinski definition) is 5. The molecule has 2 N–H and O–H groups in total. The Bertz CT molecular complexity index is 655. The third kappa shape index (κ3) is 3.05. The van der Waals surface area contributed by atoms with Crippen LogP contribution in [0.25, 0.3) is 0 Å². The molecule has 0 aliphatic carbocycles. The summed E-state index contributed by atoms with van der Waals surface area (Å²) in [5, 5.41) is 12.2. The van der Waals surface area contributed by atoms with Gasteiger partial charge in [-0.2, -0.15) is 13.2 Å². The number of carbonyl (C=O) groups is 1. The lowest BCUT2D eigenvalue weighted by Crippen LogP contribution is -2.06. The highest BCUT2D eigenvalue weighted by Gasteiger charge is 2.31. The van der Waals surface area contributed by atoms with E-state index in [4.69, 9.17) is 5.11 Å². The summed E-state index contributed by atoms with van der Waals surface area (Å²) in [6.45, 7) is 1.60. The van der Waals surface area contributed by atoms with Gasteiger partial charge in [0.2, 0.25) is 0 Å². The molecule has 9 heteroatoms. The fraction of sp³-hybridized carbons (Fsp3) is 0.182. The number of hydrogen-bond donors (Lipinski definition) is 2. The molecule has 0 fully saturated rings. The van der Waals surface area contributed by atoms with Crippen molar-refractivity contribution in [1.29, 1.82) is 0 Å². The standard InChI is InChI=1S/C11H8F3N3O2S/c1-5-16-8(10(18)19)9(20-5)17-7-2-6(3-15-4-7)11(12,13)14/h2-4,17H,1H3,(H,18,19). The van der Waals surface area contributed by atoms with Gasteiger partial charge in [0.25, 0.3) is 0 Å². The maximum Gasteiger partial charge on any atom is 0.417 e. The van der Waals surface area contributed by atoms with Crippen molar-refractivity contribution in [1.82, 2.24) is 9.97 Å². The van der Waals surface area contributed by atoms with Gasteiger partial charge >= 0.3 is 12.1 Å². The average Bonchev–Trinajstić information content (AvgIpc) is 2.69. The van der Waals surface area contributed by atoms with Crippen molar-refractivity contribution in [3.05, 3.63) is 34.7 Å². The van der Waals surface area contributed by atoms with Crippen molar-refractivity contribution in [2.24, 2.45) is 0 Å². The molecule has 2 rings (SSSR count). The number of pyridine rings is 1. The highest BCUT2D eigenvalue weighted by Crippen LogP contribution is 2.32. The molecule has 0 radical (unpaired) electrons. The Labute approximate surface area is 115 Å². The molecule has 0 aromatic carbocycles. The minimum absolute atomic E-state index is 0.0472. The molecule has 2 aromatic heterocycles. The monoisotopic (exact) mass is 303 g/mol. The Morgan fingerprint density at radius 2 is 2.10 bits per heavy atom. The number of aryl methyl sites for hydroxylation is 1. The number of carboxylic acid groups (broad SMARTS) is 1. The van der Waals surface area contributed by atoms with E-state index in [1.165, 1.54) is 6.20 Å². The van der Waals surface area contributed by atoms with E-state index in [9.17, 15) is 18.0 Å². The fourth-order valence-electron chi connectivity index (χ4n) is 1.45. The Kier molecular flexibility index (Phi) is 3.62. The number of carboxylic acids is 1. The summed E-state index contributed by atoms with van der Waals surface area (Å²) in [6.07, 6.45) is -2.64. The summed E-state index contributed by atoms with van der Waals surface area (Å²) in [4.78, 5) is 18.2. The number of thiazole rings is 1. The molecule has 2 heterocycles. The van der Waals surface area contributed by atoms with Gasteiger partial charge in [0.15, 0.2) is 5.69 Å². The normalized spacial score (nSPS) is 11.4. The number of nitrogens with zero attached hydrogens (tertiary/aromatic N) is 2. The predicted molar refractivity (Wildman–Crippen MR) is 66.3 cm³/mol. The number of alkyl halides is 3. The zero-order valence-corrected chi connectivity index (χ0v) is 10.8. The first kappa shape index (κ1) is 14.3. The number of anilines is 2. The van der Waals surface area contributed by atoms with E-state index in [0.717, 1.165) is 17.4 Å². The first-order chi connectivity index (χ1) is 9.27. The van der Waals surface area contributed by atoms with Crippen molar-refractivity contribution in [3.8, 4) is 0 Å². The van der Waals surface area contributed by atoms with E-state index in [0.29, 0.717) is 11.2 Å². The van der Waals surface area contributed by atoms with Crippen molar-refractivity contribution >= 4 is 28.0 Å². The Balaban J connectivity index is 2.33. The summed E-state index contributed by atoms with van der Waals surface area (Å²) in [5.74, 6) is -1.25. The van der Waals surface area contributed by atoms with Crippen LogP contribution in [-0.4, -0.2) is 21.0 Å². The topological polar surface area (TPSA) is 75.1 Å². The van der Waals surface area contributed by atoms with Crippen molar-refractivity contribution < 1.29 is 23.1 Å². The molecule has 0 saturated carbocycles. The molecule has 2 aromatic rings. The summed E-state index contributed by atoms with van der Waals surface area (Å²) < 4.78 is 37.6. The number of aromatic nitrogens is 2. The highest BCUT2D eigenvalue weighted by atomic mass is 32.1. The number of halogens is 3. The molecule has 0 aliphatic heterocycles. The first-order valence-corrected chi connectivity index (χ1v) is 6.09. The van der Waals surface area contributed by atoms with E-state index in [-0.39, 0.29) is 16.4 Å². The fourth-order valence-corrected chi connectivity index (χ4v) is 2.28. The average molecular weight is 303 g/mol. The van der Waals surface area contributed by atoms with Gasteiger partial charge in [-0.1, -0.05) is 0 Å². The third-order valence-electron chi connectivity index (χ3n) is 2.26. The smallest absolute Gasteiger partial charge is 0.417 e. The van der Waals surface area contributed by atoms with Crippen LogP contribution in [0.3, 0.4) is 0 Å². The summed E-state index contributed by atoms with van der Waals surface area (Å²) in [6, 6.07) is 0.855. The molecule has 106 valence electrons. The summed E-state index contributed by atoms with van der Waals surface area (Å²) in [7, 11) is 0. The largest absolute Gasteiger partial charge is 0.476 e. The maximum atomic E-state index is 12.5. The van der Waals surface area contributed by atoms with E-state index >= 15 is 0 Å². The van der Waals surface area contributed by atoms with Crippen LogP contribution in [0.5, 0.6) is 0 Å². The number of aromatic carboxylic acids is 1. The molecule has 0 spiro atoms. The minimum Gasteiger partial charge on any atom is -0.476 e. The summed E-state index contributed by atoms with van der Waals surface area (Å²) in [5.41, 5.74) is -1.10. The maximum absolute atomic E-state index is 12.5. The Morgan fingerprint density at radius 1 is 1.40 bits per heavy atom. The second kappa shape index (κ2) is 5.08. The lowest BCUT2D eigenvalue weighted by Gasteiger charge is -2.09. The number of nitrogens with one attached hydrogen (secondary N) is 1. The van der Waals surface area contributed by atoms with Gasteiger partial charge in [-0.15, -0.1) is 11.3 Å². The van der Waals surface area contributed by atoms with Crippen molar-refractivity contribution in [2.45, 2.75) is 13.1 Å². The van der Waals surface area contributed by atoms with Gasteiger partial charge in [0, 0.05) is 6.20 Å². The van der Waals surface area contributed by atoms with Gasteiger partial charge in [-0.25, -0.2) is 9.78 Å². The Morgan fingerprint density at radius 3 is 2.70 bits per heavy atom. The summed E-state index contributed by atoms with van der Waals surface area (Å²) >= 11 is 1.04. The SMILES string of the molecule is Cc1nc(C(=O)O)c(Nc2cncc(C(F)(F)F)c2)s1. The van der Waals surface area contributed by atoms with E-state index < -0.39 is 17.7 Å². The van der Waals surface area contributed by atoms with Gasteiger partial charge < -0.3 is 10.4 Å². The molecule has 0 amide bonds. The van der Waals surface area contributed by atoms with Gasteiger partial charge in [-0.3, -0.25) is 4.98 Å². The molecule has 20 heavy (non-hydrogen) atoms. The van der Waals surface area contributed by atoms with Crippen LogP contribution < -0.4 is 5.32 Å². The molecule has 0 unspecified atom stereocenters. The number of rotatable bonds is 3. The van der Waals surface area contributed by atoms with Crippen LogP contribution >= 0.6 is 11.3 Å². The van der Waals surface area contributed by atoms with Gasteiger partial charge in [0.05, 0.1) is 22.5 Å². The molecule has 0 saturated heterocycles. The van der Waals surface area contributed by atoms with Gasteiger partial charge in [-0.05, 0) is 13.0 Å². The van der Waals surface area contributed by atoms with E-state index in [1.807, 2.05) is 0 Å². The van der Waals surface area contributed by atoms with Crippen LogP contribution in [-0.2, 0) is 6.18 Å².